The van der Waals surface area contributed by atoms with Crippen LogP contribution in [0.15, 0.2) is 48.5 Å². The zero-order valence-corrected chi connectivity index (χ0v) is 13.6. The molecule has 21 heavy (non-hydrogen) atoms. The van der Waals surface area contributed by atoms with E-state index in [4.69, 9.17) is 0 Å². The number of hydrogen-bond acceptors (Lipinski definition) is 2. The monoisotopic (exact) mass is 282 g/mol. The van der Waals surface area contributed by atoms with Gasteiger partial charge in [-0.3, -0.25) is 0 Å². The van der Waals surface area contributed by atoms with Gasteiger partial charge in [-0.1, -0.05) is 47.5 Å². The first-order valence-corrected chi connectivity index (χ1v) is 7.69. The van der Waals surface area contributed by atoms with Gasteiger partial charge in [0.15, 0.2) is 0 Å². The third-order valence-corrected chi connectivity index (χ3v) is 4.01. The van der Waals surface area contributed by atoms with Crippen molar-refractivity contribution >= 4 is 5.69 Å². The number of anilines is 1. The smallest absolute Gasteiger partial charge is 0.0495 e. The van der Waals surface area contributed by atoms with Gasteiger partial charge in [0.25, 0.3) is 0 Å². The highest BCUT2D eigenvalue weighted by atomic mass is 15.1. The minimum atomic E-state index is 0.340. The fraction of sp³-hybridized carbons (Fsp3) is 0.368. The molecule has 2 aromatic carbocycles. The SMILES string of the molecule is CCN(CC(NC)c1ccc(C)cc1)c1ccc(C)cc1. The summed E-state index contributed by atoms with van der Waals surface area (Å²) in [7, 11) is 2.04. The van der Waals surface area contributed by atoms with Gasteiger partial charge in [0.2, 0.25) is 0 Å². The largest absolute Gasteiger partial charge is 0.370 e. The average Bonchev–Trinajstić information content (AvgIpc) is 2.51. The first kappa shape index (κ1) is 15.6. The molecule has 0 saturated heterocycles. The number of likely N-dealkylation sites (N-methyl/N-ethyl adjacent to an activating group) is 2. The van der Waals surface area contributed by atoms with E-state index in [1.165, 1.54) is 22.4 Å². The molecule has 0 radical (unpaired) electrons. The predicted octanol–water partition coefficient (Wildman–Crippen LogP) is 4.09. The van der Waals surface area contributed by atoms with Crippen LogP contribution in [-0.4, -0.2) is 20.1 Å². The van der Waals surface area contributed by atoms with Crippen molar-refractivity contribution in [2.24, 2.45) is 0 Å². The maximum absolute atomic E-state index is 3.44. The second kappa shape index (κ2) is 7.28. The van der Waals surface area contributed by atoms with E-state index >= 15 is 0 Å². The van der Waals surface area contributed by atoms with Gasteiger partial charge in [0, 0.05) is 24.8 Å². The summed E-state index contributed by atoms with van der Waals surface area (Å²) in [5.74, 6) is 0. The van der Waals surface area contributed by atoms with Crippen LogP contribution in [0, 0.1) is 13.8 Å². The maximum Gasteiger partial charge on any atom is 0.0495 e. The van der Waals surface area contributed by atoms with E-state index in [2.05, 4.69) is 79.5 Å². The van der Waals surface area contributed by atoms with Crippen molar-refractivity contribution in [3.63, 3.8) is 0 Å². The van der Waals surface area contributed by atoms with E-state index in [1.807, 2.05) is 7.05 Å². The summed E-state index contributed by atoms with van der Waals surface area (Å²) < 4.78 is 0. The number of rotatable bonds is 6. The van der Waals surface area contributed by atoms with Gasteiger partial charge in [-0.05, 0) is 45.5 Å². The molecule has 2 nitrogen and oxygen atoms in total. The second-order valence-electron chi connectivity index (χ2n) is 5.63. The zero-order valence-electron chi connectivity index (χ0n) is 13.6. The Bertz CT molecular complexity index is 491. The first-order valence-electron chi connectivity index (χ1n) is 7.69. The number of aryl methyl sites for hydroxylation is 2. The van der Waals surface area contributed by atoms with E-state index in [-0.39, 0.29) is 0 Å². The lowest BCUT2D eigenvalue weighted by atomic mass is 10.0. The van der Waals surface area contributed by atoms with Crippen molar-refractivity contribution < 1.29 is 0 Å². The van der Waals surface area contributed by atoms with Crippen LogP contribution in [0.4, 0.5) is 5.69 Å². The Morgan fingerprint density at radius 1 is 0.905 bits per heavy atom. The summed E-state index contributed by atoms with van der Waals surface area (Å²) in [6, 6.07) is 17.9. The highest BCUT2D eigenvalue weighted by molar-refractivity contribution is 5.48. The molecule has 0 aromatic heterocycles. The molecular weight excluding hydrogens is 256 g/mol. The van der Waals surface area contributed by atoms with Crippen molar-refractivity contribution in [1.29, 1.82) is 0 Å². The van der Waals surface area contributed by atoms with Crippen molar-refractivity contribution in [2.75, 3.05) is 25.0 Å². The maximum atomic E-state index is 3.44. The third-order valence-electron chi connectivity index (χ3n) is 4.01. The van der Waals surface area contributed by atoms with Gasteiger partial charge in [0.1, 0.15) is 0 Å². The molecule has 0 aliphatic carbocycles. The lowest BCUT2D eigenvalue weighted by molar-refractivity contribution is 0.577. The fourth-order valence-electron chi connectivity index (χ4n) is 2.56. The molecule has 0 amide bonds. The van der Waals surface area contributed by atoms with Crippen LogP contribution in [-0.2, 0) is 0 Å². The van der Waals surface area contributed by atoms with Crippen molar-refractivity contribution in [3.05, 3.63) is 65.2 Å². The average molecular weight is 282 g/mol. The van der Waals surface area contributed by atoms with Crippen LogP contribution in [0.25, 0.3) is 0 Å². The molecule has 2 aromatic rings. The molecule has 0 spiro atoms. The normalized spacial score (nSPS) is 12.2. The van der Waals surface area contributed by atoms with E-state index in [0.29, 0.717) is 6.04 Å². The molecular formula is C19H26N2. The molecule has 0 bridgehead atoms. The van der Waals surface area contributed by atoms with Crippen LogP contribution in [0.3, 0.4) is 0 Å². The van der Waals surface area contributed by atoms with Gasteiger partial charge in [-0.25, -0.2) is 0 Å². The summed E-state index contributed by atoms with van der Waals surface area (Å²) in [6.45, 7) is 8.44. The van der Waals surface area contributed by atoms with Crippen LogP contribution < -0.4 is 10.2 Å². The summed E-state index contributed by atoms with van der Waals surface area (Å²) in [4.78, 5) is 2.42. The molecule has 0 aliphatic rings. The molecule has 0 fully saturated rings. The Kier molecular flexibility index (Phi) is 5.40. The lowest BCUT2D eigenvalue weighted by Gasteiger charge is -2.28. The summed E-state index contributed by atoms with van der Waals surface area (Å²) >= 11 is 0. The topological polar surface area (TPSA) is 15.3 Å². The van der Waals surface area contributed by atoms with Gasteiger partial charge in [-0.2, -0.15) is 0 Å². The van der Waals surface area contributed by atoms with Crippen LogP contribution >= 0.6 is 0 Å². The van der Waals surface area contributed by atoms with Crippen LogP contribution in [0.2, 0.25) is 0 Å². The quantitative estimate of drug-likeness (QED) is 0.858. The van der Waals surface area contributed by atoms with E-state index in [1.54, 1.807) is 0 Å². The molecule has 0 heterocycles. The van der Waals surface area contributed by atoms with Gasteiger partial charge in [-0.15, -0.1) is 0 Å². The number of hydrogen-bond donors (Lipinski definition) is 1. The Labute approximate surface area is 128 Å². The van der Waals surface area contributed by atoms with Gasteiger partial charge >= 0.3 is 0 Å². The lowest BCUT2D eigenvalue weighted by Crippen LogP contribution is -2.33. The fourth-order valence-corrected chi connectivity index (χ4v) is 2.56. The molecule has 0 aliphatic heterocycles. The minimum Gasteiger partial charge on any atom is -0.370 e. The predicted molar refractivity (Wildman–Crippen MR) is 92.0 cm³/mol. The van der Waals surface area contributed by atoms with E-state index in [0.717, 1.165) is 13.1 Å². The van der Waals surface area contributed by atoms with Crippen molar-refractivity contribution in [3.8, 4) is 0 Å². The number of nitrogens with zero attached hydrogens (tertiary/aromatic N) is 1. The van der Waals surface area contributed by atoms with Gasteiger partial charge in [0.05, 0.1) is 0 Å². The molecule has 1 unspecified atom stereocenters. The van der Waals surface area contributed by atoms with Crippen molar-refractivity contribution in [1.82, 2.24) is 5.32 Å². The Morgan fingerprint density at radius 3 is 1.90 bits per heavy atom. The molecule has 2 rings (SSSR count). The molecule has 0 saturated carbocycles. The Morgan fingerprint density at radius 2 is 1.43 bits per heavy atom. The number of nitrogens with one attached hydrogen (secondary N) is 1. The molecule has 1 atom stereocenters. The highest BCUT2D eigenvalue weighted by Crippen LogP contribution is 2.20. The van der Waals surface area contributed by atoms with Crippen LogP contribution in [0.5, 0.6) is 0 Å². The standard InChI is InChI=1S/C19H26N2/c1-5-21(18-12-8-16(3)9-13-18)14-19(20-4)17-10-6-15(2)7-11-17/h6-13,19-20H,5,14H2,1-4H3. The second-order valence-corrected chi connectivity index (χ2v) is 5.63. The number of benzene rings is 2. The molecule has 2 heteroatoms. The third kappa shape index (κ3) is 4.08. The Balaban J connectivity index is 2.15. The zero-order chi connectivity index (χ0) is 15.2. The summed E-state index contributed by atoms with van der Waals surface area (Å²) in [5.41, 5.74) is 5.24. The summed E-state index contributed by atoms with van der Waals surface area (Å²) in [5, 5.41) is 3.44. The molecule has 112 valence electrons. The minimum absolute atomic E-state index is 0.340. The summed E-state index contributed by atoms with van der Waals surface area (Å²) in [6.07, 6.45) is 0. The van der Waals surface area contributed by atoms with E-state index < -0.39 is 0 Å². The van der Waals surface area contributed by atoms with Gasteiger partial charge < -0.3 is 10.2 Å². The first-order chi connectivity index (χ1) is 10.1. The van der Waals surface area contributed by atoms with Crippen LogP contribution in [0.1, 0.15) is 29.7 Å². The Hall–Kier alpha value is -1.80. The van der Waals surface area contributed by atoms with Crippen molar-refractivity contribution in [2.45, 2.75) is 26.8 Å². The van der Waals surface area contributed by atoms with E-state index in [9.17, 15) is 0 Å². The highest BCUT2D eigenvalue weighted by Gasteiger charge is 2.14. The molecule has 1 N–H and O–H groups in total.